The molecule has 1 heterocycles. The van der Waals surface area contributed by atoms with E-state index in [1.807, 2.05) is 53.1 Å². The fourth-order valence-electron chi connectivity index (χ4n) is 3.43. The number of amides is 1. The lowest BCUT2D eigenvalue weighted by Gasteiger charge is -2.33. The van der Waals surface area contributed by atoms with Crippen molar-refractivity contribution >= 4 is 17.7 Å². The van der Waals surface area contributed by atoms with E-state index in [2.05, 4.69) is 11.9 Å². The van der Waals surface area contributed by atoms with Crippen molar-refractivity contribution in [3.63, 3.8) is 0 Å². The second-order valence-electron chi connectivity index (χ2n) is 6.63. The van der Waals surface area contributed by atoms with E-state index in [1.54, 1.807) is 18.0 Å². The molecule has 1 aromatic heterocycles. The number of benzene rings is 1. The van der Waals surface area contributed by atoms with Crippen molar-refractivity contribution in [2.45, 2.75) is 43.8 Å². The van der Waals surface area contributed by atoms with Gasteiger partial charge >= 0.3 is 0 Å². The van der Waals surface area contributed by atoms with E-state index in [9.17, 15) is 4.79 Å². The molecular formula is C19H25N3OS. The first-order valence-corrected chi connectivity index (χ1v) is 9.78. The Morgan fingerprint density at radius 1 is 1.21 bits per heavy atom. The lowest BCUT2D eigenvalue weighted by molar-refractivity contribution is 0.0671. The van der Waals surface area contributed by atoms with Gasteiger partial charge in [-0.15, -0.1) is 0 Å². The lowest BCUT2D eigenvalue weighted by Crippen LogP contribution is -2.40. The second kappa shape index (κ2) is 7.43. The van der Waals surface area contributed by atoms with Gasteiger partial charge in [-0.1, -0.05) is 36.9 Å². The molecule has 1 saturated carbocycles. The third-order valence-electron chi connectivity index (χ3n) is 5.00. The number of thioether (sulfide) groups is 1. The quantitative estimate of drug-likeness (QED) is 0.779. The van der Waals surface area contributed by atoms with Crippen LogP contribution >= 0.6 is 11.8 Å². The molecule has 1 fully saturated rings. The third kappa shape index (κ3) is 3.36. The Balaban J connectivity index is 1.89. The number of rotatable bonds is 4. The number of para-hydroxylation sites is 1. The van der Waals surface area contributed by atoms with Crippen LogP contribution in [0.2, 0.25) is 0 Å². The van der Waals surface area contributed by atoms with Crippen LogP contribution in [0.5, 0.6) is 0 Å². The average molecular weight is 343 g/mol. The summed E-state index contributed by atoms with van der Waals surface area (Å²) in [7, 11) is 1.93. The zero-order chi connectivity index (χ0) is 17.1. The highest BCUT2D eigenvalue weighted by Gasteiger charge is 2.28. The molecule has 0 unspecified atom stereocenters. The zero-order valence-electron chi connectivity index (χ0n) is 14.6. The predicted molar refractivity (Wildman–Crippen MR) is 98.9 cm³/mol. The monoisotopic (exact) mass is 343 g/mol. The Hall–Kier alpha value is -1.75. The van der Waals surface area contributed by atoms with Crippen molar-refractivity contribution in [1.82, 2.24) is 14.5 Å². The molecule has 1 amide bonds. The summed E-state index contributed by atoms with van der Waals surface area (Å²) in [6.45, 7) is 2.30. The van der Waals surface area contributed by atoms with Gasteiger partial charge in [0.25, 0.3) is 5.91 Å². The summed E-state index contributed by atoms with van der Waals surface area (Å²) in [5.41, 5.74) is 1.63. The van der Waals surface area contributed by atoms with Crippen LogP contribution in [0, 0.1) is 5.92 Å². The van der Waals surface area contributed by atoms with Crippen molar-refractivity contribution in [2.24, 2.45) is 5.92 Å². The minimum absolute atomic E-state index is 0.0613. The van der Waals surface area contributed by atoms with Gasteiger partial charge in [-0.3, -0.25) is 9.36 Å². The summed E-state index contributed by atoms with van der Waals surface area (Å²) in [6.07, 6.45) is 8.30. The molecule has 24 heavy (non-hydrogen) atoms. The molecule has 1 aromatic carbocycles. The first-order chi connectivity index (χ1) is 11.6. The molecule has 0 bridgehead atoms. The van der Waals surface area contributed by atoms with Crippen LogP contribution in [0.1, 0.15) is 43.1 Å². The van der Waals surface area contributed by atoms with Gasteiger partial charge in [-0.2, -0.15) is 0 Å². The van der Waals surface area contributed by atoms with Crippen LogP contribution < -0.4 is 0 Å². The highest BCUT2D eigenvalue weighted by molar-refractivity contribution is 7.98. The molecule has 128 valence electrons. The minimum Gasteiger partial charge on any atom is -0.337 e. The zero-order valence-corrected chi connectivity index (χ0v) is 15.4. The van der Waals surface area contributed by atoms with E-state index < -0.39 is 0 Å². The van der Waals surface area contributed by atoms with Gasteiger partial charge in [-0.25, -0.2) is 4.98 Å². The Morgan fingerprint density at radius 3 is 2.50 bits per heavy atom. The van der Waals surface area contributed by atoms with Crippen LogP contribution in [0.25, 0.3) is 5.69 Å². The van der Waals surface area contributed by atoms with E-state index in [4.69, 9.17) is 0 Å². The Bertz CT molecular complexity index is 690. The van der Waals surface area contributed by atoms with Crippen LogP contribution in [0.3, 0.4) is 0 Å². The van der Waals surface area contributed by atoms with E-state index in [0.717, 1.165) is 29.6 Å². The van der Waals surface area contributed by atoms with E-state index >= 15 is 0 Å². The van der Waals surface area contributed by atoms with Crippen LogP contribution in [0.4, 0.5) is 0 Å². The van der Waals surface area contributed by atoms with Crippen molar-refractivity contribution < 1.29 is 4.79 Å². The van der Waals surface area contributed by atoms with Crippen molar-refractivity contribution in [2.75, 3.05) is 13.3 Å². The smallest absolute Gasteiger partial charge is 0.272 e. The van der Waals surface area contributed by atoms with Crippen molar-refractivity contribution in [3.05, 3.63) is 42.2 Å². The second-order valence-corrected chi connectivity index (χ2v) is 7.40. The number of hydrogen-bond acceptors (Lipinski definition) is 3. The molecule has 0 atom stereocenters. The fourth-order valence-corrected chi connectivity index (χ4v) is 3.98. The Kier molecular flexibility index (Phi) is 5.29. The highest BCUT2D eigenvalue weighted by Crippen LogP contribution is 2.28. The molecule has 0 radical (unpaired) electrons. The van der Waals surface area contributed by atoms with Gasteiger partial charge in [0.05, 0.1) is 6.20 Å². The molecule has 5 heteroatoms. The number of hydrogen-bond donors (Lipinski definition) is 0. The van der Waals surface area contributed by atoms with Gasteiger partial charge in [0, 0.05) is 18.8 Å². The predicted octanol–water partition coefficient (Wildman–Crippen LogP) is 4.24. The van der Waals surface area contributed by atoms with Gasteiger partial charge in [0.2, 0.25) is 0 Å². The number of nitrogens with zero attached hydrogens (tertiary/aromatic N) is 3. The van der Waals surface area contributed by atoms with Gasteiger partial charge in [0.1, 0.15) is 5.69 Å². The van der Waals surface area contributed by atoms with Gasteiger partial charge in [-0.05, 0) is 50.0 Å². The molecule has 0 N–H and O–H groups in total. The maximum absolute atomic E-state index is 13.1. The van der Waals surface area contributed by atoms with Gasteiger partial charge in [0.15, 0.2) is 5.16 Å². The summed E-state index contributed by atoms with van der Waals surface area (Å²) in [5, 5.41) is 0.843. The maximum Gasteiger partial charge on any atom is 0.272 e. The molecule has 0 saturated heterocycles. The summed E-state index contributed by atoms with van der Waals surface area (Å²) in [4.78, 5) is 19.5. The largest absolute Gasteiger partial charge is 0.337 e. The molecule has 0 spiro atoms. The molecule has 0 aliphatic heterocycles. The molecule has 1 aliphatic carbocycles. The summed E-state index contributed by atoms with van der Waals surface area (Å²) < 4.78 is 1.97. The summed E-state index contributed by atoms with van der Waals surface area (Å²) >= 11 is 1.56. The number of carbonyl (C=O) groups is 1. The fraction of sp³-hybridized carbons (Fsp3) is 0.474. The van der Waals surface area contributed by atoms with Crippen LogP contribution in [-0.4, -0.2) is 39.7 Å². The minimum atomic E-state index is 0.0613. The molecule has 2 aromatic rings. The van der Waals surface area contributed by atoms with E-state index in [1.165, 1.54) is 12.8 Å². The summed E-state index contributed by atoms with van der Waals surface area (Å²) in [6, 6.07) is 10.3. The van der Waals surface area contributed by atoms with Crippen LogP contribution in [-0.2, 0) is 0 Å². The number of carbonyl (C=O) groups excluding carboxylic acids is 1. The third-order valence-corrected chi connectivity index (χ3v) is 5.65. The maximum atomic E-state index is 13.1. The molecular weight excluding hydrogens is 318 g/mol. The van der Waals surface area contributed by atoms with E-state index in [0.29, 0.717) is 11.7 Å². The normalized spacial score (nSPS) is 20.8. The number of aromatic nitrogens is 2. The molecule has 1 aliphatic rings. The van der Waals surface area contributed by atoms with E-state index in [-0.39, 0.29) is 5.91 Å². The van der Waals surface area contributed by atoms with Gasteiger partial charge < -0.3 is 4.90 Å². The van der Waals surface area contributed by atoms with Crippen molar-refractivity contribution in [1.29, 1.82) is 0 Å². The SMILES string of the molecule is CSc1ncc(C(=O)N(C)C2CCC(C)CC2)n1-c1ccccc1. The standard InChI is InChI=1S/C19H25N3OS/c1-14-9-11-15(12-10-14)21(2)18(23)17-13-20-19(24-3)22(17)16-7-5-4-6-8-16/h4-8,13-15H,9-12H2,1-3H3. The average Bonchev–Trinajstić information content (AvgIpc) is 3.06. The van der Waals surface area contributed by atoms with Crippen molar-refractivity contribution in [3.8, 4) is 5.69 Å². The Morgan fingerprint density at radius 2 is 1.88 bits per heavy atom. The first-order valence-electron chi connectivity index (χ1n) is 8.56. The molecule has 4 nitrogen and oxygen atoms in total. The molecule has 3 rings (SSSR count). The number of imidazole rings is 1. The first kappa shape index (κ1) is 17.1. The van der Waals surface area contributed by atoms with Crippen LogP contribution in [0.15, 0.2) is 41.7 Å². The summed E-state index contributed by atoms with van der Waals surface area (Å²) in [5.74, 6) is 0.842. The Labute approximate surface area is 148 Å². The highest BCUT2D eigenvalue weighted by atomic mass is 32.2. The topological polar surface area (TPSA) is 38.1 Å². The lowest BCUT2D eigenvalue weighted by atomic mass is 9.86.